The highest BCUT2D eigenvalue weighted by atomic mass is 35.5. The maximum Gasteiger partial charge on any atom is 0.136 e. The molecule has 0 aliphatic heterocycles. The lowest BCUT2D eigenvalue weighted by Gasteiger charge is -2.21. The van der Waals surface area contributed by atoms with E-state index in [1.807, 2.05) is 18.7 Å². The predicted octanol–water partition coefficient (Wildman–Crippen LogP) is 4.99. The molecule has 0 saturated heterocycles. The van der Waals surface area contributed by atoms with E-state index in [4.69, 9.17) is 16.6 Å². The van der Waals surface area contributed by atoms with E-state index >= 15 is 0 Å². The second kappa shape index (κ2) is 6.25. The first-order valence-electron chi connectivity index (χ1n) is 6.78. The molecule has 1 aliphatic rings. The quantitative estimate of drug-likeness (QED) is 0.732. The van der Waals surface area contributed by atoms with Crippen LogP contribution >= 0.6 is 23.4 Å². The number of rotatable bonds is 3. The number of halogens is 1. The second-order valence-corrected chi connectivity index (χ2v) is 6.98. The highest BCUT2D eigenvalue weighted by Gasteiger charge is 2.19. The largest absolute Gasteiger partial charge is 0.226 e. The summed E-state index contributed by atoms with van der Waals surface area (Å²) in [7, 11) is 0. The van der Waals surface area contributed by atoms with Gasteiger partial charge in [-0.1, -0.05) is 44.7 Å². The van der Waals surface area contributed by atoms with E-state index in [2.05, 4.69) is 18.8 Å². The van der Waals surface area contributed by atoms with Crippen molar-refractivity contribution >= 4 is 23.4 Å². The van der Waals surface area contributed by atoms with Crippen molar-refractivity contribution in [1.82, 2.24) is 9.97 Å². The maximum absolute atomic E-state index is 6.22. The Hall–Kier alpha value is -0.280. The van der Waals surface area contributed by atoms with E-state index in [0.29, 0.717) is 16.3 Å². The molecule has 2 nitrogen and oxygen atoms in total. The number of thioether (sulfide) groups is 1. The van der Waals surface area contributed by atoms with Gasteiger partial charge in [0.1, 0.15) is 16.0 Å². The molecule has 18 heavy (non-hydrogen) atoms. The summed E-state index contributed by atoms with van der Waals surface area (Å²) >= 11 is 8.12. The molecule has 1 heterocycles. The Morgan fingerprint density at radius 3 is 2.44 bits per heavy atom. The Kier molecular flexibility index (Phi) is 4.91. The fourth-order valence-electron chi connectivity index (χ4n) is 2.20. The lowest BCUT2D eigenvalue weighted by molar-refractivity contribution is 0.515. The molecular weight excluding hydrogens is 264 g/mol. The molecule has 2 rings (SSSR count). The summed E-state index contributed by atoms with van der Waals surface area (Å²) in [5.74, 6) is 1.19. The minimum atomic E-state index is 0.328. The van der Waals surface area contributed by atoms with Gasteiger partial charge in [0.05, 0.1) is 0 Å². The first-order valence-corrected chi connectivity index (χ1v) is 8.04. The van der Waals surface area contributed by atoms with Crippen LogP contribution < -0.4 is 0 Å². The molecule has 0 spiro atoms. The first-order chi connectivity index (χ1) is 8.58. The van der Waals surface area contributed by atoms with Crippen molar-refractivity contribution in [3.63, 3.8) is 0 Å². The molecule has 1 aromatic rings. The fourth-order valence-corrected chi connectivity index (χ4v) is 3.74. The Morgan fingerprint density at radius 1 is 1.17 bits per heavy atom. The van der Waals surface area contributed by atoms with Crippen molar-refractivity contribution in [3.05, 3.63) is 16.5 Å². The van der Waals surface area contributed by atoms with Gasteiger partial charge >= 0.3 is 0 Å². The monoisotopic (exact) mass is 284 g/mol. The van der Waals surface area contributed by atoms with Gasteiger partial charge in [0, 0.05) is 16.7 Å². The number of aromatic nitrogens is 2. The summed E-state index contributed by atoms with van der Waals surface area (Å²) in [5, 5.41) is 2.42. The molecule has 1 aromatic heterocycles. The van der Waals surface area contributed by atoms with Crippen LogP contribution in [0.5, 0.6) is 0 Å². The van der Waals surface area contributed by atoms with Crippen molar-refractivity contribution in [1.29, 1.82) is 0 Å². The zero-order valence-electron chi connectivity index (χ0n) is 11.4. The summed E-state index contributed by atoms with van der Waals surface area (Å²) in [6.07, 6.45) is 6.71. The molecule has 0 N–H and O–H groups in total. The van der Waals surface area contributed by atoms with E-state index in [0.717, 1.165) is 16.4 Å². The SMILES string of the molecule is Cc1c(Cl)nc(C(C)C)nc1SC1CCCCC1. The molecule has 0 aromatic carbocycles. The average Bonchev–Trinajstić information content (AvgIpc) is 2.35. The normalized spacial score (nSPS) is 17.4. The van der Waals surface area contributed by atoms with Crippen LogP contribution in [0.1, 0.15) is 63.3 Å². The molecule has 0 atom stereocenters. The molecule has 0 bridgehead atoms. The Morgan fingerprint density at radius 2 is 1.83 bits per heavy atom. The van der Waals surface area contributed by atoms with E-state index in [1.165, 1.54) is 32.1 Å². The predicted molar refractivity (Wildman–Crippen MR) is 78.6 cm³/mol. The van der Waals surface area contributed by atoms with Crippen molar-refractivity contribution < 1.29 is 0 Å². The van der Waals surface area contributed by atoms with Crippen LogP contribution in [-0.4, -0.2) is 15.2 Å². The van der Waals surface area contributed by atoms with Crippen LogP contribution in [0, 0.1) is 6.92 Å². The van der Waals surface area contributed by atoms with E-state index in [-0.39, 0.29) is 0 Å². The van der Waals surface area contributed by atoms with E-state index in [1.54, 1.807) is 0 Å². The fraction of sp³-hybridized carbons (Fsp3) is 0.714. The number of hydrogen-bond acceptors (Lipinski definition) is 3. The van der Waals surface area contributed by atoms with Crippen molar-refractivity contribution in [3.8, 4) is 0 Å². The van der Waals surface area contributed by atoms with Gasteiger partial charge in [-0.15, -0.1) is 11.8 Å². The Balaban J connectivity index is 2.19. The lowest BCUT2D eigenvalue weighted by atomic mass is 10.0. The van der Waals surface area contributed by atoms with Crippen LogP contribution in [0.2, 0.25) is 5.15 Å². The van der Waals surface area contributed by atoms with Gasteiger partial charge < -0.3 is 0 Å². The summed E-state index contributed by atoms with van der Waals surface area (Å²) in [5.41, 5.74) is 1.04. The van der Waals surface area contributed by atoms with Gasteiger partial charge in [-0.3, -0.25) is 0 Å². The third kappa shape index (κ3) is 3.39. The molecule has 1 aliphatic carbocycles. The van der Waals surface area contributed by atoms with Crippen LogP contribution in [-0.2, 0) is 0 Å². The molecule has 100 valence electrons. The molecule has 0 amide bonds. The highest BCUT2D eigenvalue weighted by molar-refractivity contribution is 7.99. The number of hydrogen-bond donors (Lipinski definition) is 0. The van der Waals surface area contributed by atoms with Crippen molar-refractivity contribution in [2.24, 2.45) is 0 Å². The summed E-state index contributed by atoms with van der Waals surface area (Å²) in [6, 6.07) is 0. The summed E-state index contributed by atoms with van der Waals surface area (Å²) in [6.45, 7) is 6.24. The third-order valence-corrected chi connectivity index (χ3v) is 5.20. The molecule has 0 radical (unpaired) electrons. The second-order valence-electron chi connectivity index (χ2n) is 5.34. The highest BCUT2D eigenvalue weighted by Crippen LogP contribution is 2.35. The third-order valence-electron chi connectivity index (χ3n) is 3.41. The van der Waals surface area contributed by atoms with Crippen LogP contribution in [0.4, 0.5) is 0 Å². The minimum Gasteiger partial charge on any atom is -0.226 e. The van der Waals surface area contributed by atoms with Crippen LogP contribution in [0.25, 0.3) is 0 Å². The van der Waals surface area contributed by atoms with Gasteiger partial charge in [-0.2, -0.15) is 0 Å². The topological polar surface area (TPSA) is 25.8 Å². The van der Waals surface area contributed by atoms with Crippen molar-refractivity contribution in [2.45, 2.75) is 69.1 Å². The van der Waals surface area contributed by atoms with E-state index in [9.17, 15) is 0 Å². The Bertz CT molecular complexity index is 415. The molecular formula is C14H21ClN2S. The van der Waals surface area contributed by atoms with Gasteiger partial charge in [0.2, 0.25) is 0 Å². The maximum atomic E-state index is 6.22. The number of nitrogens with zero attached hydrogens (tertiary/aromatic N) is 2. The minimum absolute atomic E-state index is 0.328. The molecule has 1 saturated carbocycles. The van der Waals surface area contributed by atoms with Gasteiger partial charge in [0.25, 0.3) is 0 Å². The molecule has 1 fully saturated rings. The first kappa shape index (κ1) is 14.1. The van der Waals surface area contributed by atoms with E-state index < -0.39 is 0 Å². The lowest BCUT2D eigenvalue weighted by Crippen LogP contribution is -2.10. The smallest absolute Gasteiger partial charge is 0.136 e. The van der Waals surface area contributed by atoms with Crippen molar-refractivity contribution in [2.75, 3.05) is 0 Å². The summed E-state index contributed by atoms with van der Waals surface area (Å²) < 4.78 is 0. The zero-order chi connectivity index (χ0) is 13.1. The van der Waals surface area contributed by atoms with Gasteiger partial charge in [-0.05, 0) is 19.8 Å². The molecule has 4 heteroatoms. The zero-order valence-corrected chi connectivity index (χ0v) is 12.9. The van der Waals surface area contributed by atoms with Crippen LogP contribution in [0.3, 0.4) is 0 Å². The van der Waals surface area contributed by atoms with Crippen LogP contribution in [0.15, 0.2) is 5.03 Å². The standard InChI is InChI=1S/C14H21ClN2S/c1-9(2)13-16-12(15)10(3)14(17-13)18-11-7-5-4-6-8-11/h9,11H,4-8H2,1-3H3. The Labute approximate surface area is 119 Å². The average molecular weight is 285 g/mol. The van der Waals surface area contributed by atoms with Gasteiger partial charge in [0.15, 0.2) is 0 Å². The summed E-state index contributed by atoms with van der Waals surface area (Å²) in [4.78, 5) is 9.06. The molecule has 0 unspecified atom stereocenters. The van der Waals surface area contributed by atoms with Gasteiger partial charge in [-0.25, -0.2) is 9.97 Å².